The molecule has 1 heterocycles. The summed E-state index contributed by atoms with van der Waals surface area (Å²) in [5.41, 5.74) is 2.26. The van der Waals surface area contributed by atoms with E-state index in [-0.39, 0.29) is 34.5 Å². The SMILES string of the molecule is CC(=O)[N-]S(=O)(=O)c1ccc(-c2oc(C)nc2-c2ccccc2)cc1.[Na+]. The maximum Gasteiger partial charge on any atom is 1.00 e. The number of carbonyl (C=O) groups excluding carboxylic acids is 1. The Morgan fingerprint density at radius 3 is 2.19 bits per heavy atom. The van der Waals surface area contributed by atoms with Gasteiger partial charge in [0.25, 0.3) is 0 Å². The van der Waals surface area contributed by atoms with Gasteiger partial charge in [0.2, 0.25) is 0 Å². The zero-order valence-corrected chi connectivity index (χ0v) is 17.4. The van der Waals surface area contributed by atoms with E-state index in [1.54, 1.807) is 19.1 Å². The molecule has 0 bridgehead atoms. The second kappa shape index (κ2) is 8.18. The number of hydrogen-bond donors (Lipinski definition) is 0. The van der Waals surface area contributed by atoms with E-state index in [1.165, 1.54) is 12.1 Å². The first-order valence-corrected chi connectivity index (χ1v) is 8.93. The van der Waals surface area contributed by atoms with Crippen molar-refractivity contribution in [2.45, 2.75) is 18.7 Å². The Labute approximate surface area is 174 Å². The monoisotopic (exact) mass is 378 g/mol. The van der Waals surface area contributed by atoms with Crippen molar-refractivity contribution in [3.05, 3.63) is 65.2 Å². The molecule has 0 fully saturated rings. The van der Waals surface area contributed by atoms with E-state index in [9.17, 15) is 13.2 Å². The van der Waals surface area contributed by atoms with Crippen molar-refractivity contribution in [1.82, 2.24) is 4.98 Å². The molecule has 1 aromatic heterocycles. The summed E-state index contributed by atoms with van der Waals surface area (Å²) >= 11 is 0. The number of oxazole rings is 1. The standard InChI is InChI=1S/C18H16N2O4S.Na/c1-12(21)20-25(22,23)16-10-8-15(9-11-16)18-17(19-13(2)24-18)14-6-4-3-5-7-14;/h3-11H,1-2H3,(H,20,21);/q;+1/p-1. The molecule has 3 rings (SSSR count). The minimum absolute atomic E-state index is 0. The number of sulfonamides is 1. The van der Waals surface area contributed by atoms with Crippen molar-refractivity contribution in [2.75, 3.05) is 0 Å². The van der Waals surface area contributed by atoms with Gasteiger partial charge in [0.1, 0.15) is 15.7 Å². The Kier molecular flexibility index (Phi) is 6.41. The zero-order chi connectivity index (χ0) is 18.0. The molecule has 0 unspecified atom stereocenters. The number of aromatic nitrogens is 1. The first-order chi connectivity index (χ1) is 11.9. The summed E-state index contributed by atoms with van der Waals surface area (Å²) in [6.45, 7) is 2.84. The van der Waals surface area contributed by atoms with Crippen LogP contribution in [0.15, 0.2) is 63.9 Å². The molecule has 0 saturated carbocycles. The van der Waals surface area contributed by atoms with Crippen molar-refractivity contribution < 1.29 is 47.2 Å². The van der Waals surface area contributed by atoms with Gasteiger partial charge in [0.15, 0.2) is 11.7 Å². The third kappa shape index (κ3) is 4.42. The molecule has 8 heteroatoms. The molecule has 6 nitrogen and oxygen atoms in total. The van der Waals surface area contributed by atoms with E-state index in [1.807, 2.05) is 30.3 Å². The molecule has 128 valence electrons. The van der Waals surface area contributed by atoms with Crippen LogP contribution in [0.5, 0.6) is 0 Å². The normalized spacial score (nSPS) is 10.8. The fraction of sp³-hybridized carbons (Fsp3) is 0.111. The number of hydrogen-bond acceptors (Lipinski definition) is 5. The van der Waals surface area contributed by atoms with Crippen LogP contribution in [0, 0.1) is 6.92 Å². The molecule has 0 aliphatic heterocycles. The van der Waals surface area contributed by atoms with E-state index >= 15 is 0 Å². The van der Waals surface area contributed by atoms with Crippen molar-refractivity contribution in [1.29, 1.82) is 0 Å². The Morgan fingerprint density at radius 2 is 1.62 bits per heavy atom. The van der Waals surface area contributed by atoms with Gasteiger partial charge < -0.3 is 13.9 Å². The summed E-state index contributed by atoms with van der Waals surface area (Å²) in [6.07, 6.45) is 0. The van der Waals surface area contributed by atoms with Crippen LogP contribution in [0.3, 0.4) is 0 Å². The van der Waals surface area contributed by atoms with E-state index in [2.05, 4.69) is 9.71 Å². The number of benzene rings is 2. The average molecular weight is 378 g/mol. The number of amides is 1. The maximum absolute atomic E-state index is 12.0. The fourth-order valence-electron chi connectivity index (χ4n) is 2.41. The molecule has 2 aromatic carbocycles. The second-order valence-corrected chi connectivity index (χ2v) is 6.99. The summed E-state index contributed by atoms with van der Waals surface area (Å²) in [5, 5.41) is 0. The van der Waals surface area contributed by atoms with Crippen LogP contribution < -0.4 is 29.6 Å². The van der Waals surface area contributed by atoms with Crippen LogP contribution in [0.1, 0.15) is 12.8 Å². The van der Waals surface area contributed by atoms with Gasteiger partial charge in [0, 0.05) is 18.1 Å². The molecule has 0 atom stereocenters. The van der Waals surface area contributed by atoms with Gasteiger partial charge in [-0.25, -0.2) is 13.4 Å². The van der Waals surface area contributed by atoms with Crippen molar-refractivity contribution >= 4 is 15.9 Å². The number of nitrogens with zero attached hydrogens (tertiary/aromatic N) is 2. The van der Waals surface area contributed by atoms with Gasteiger partial charge in [-0.3, -0.25) is 0 Å². The molecule has 0 N–H and O–H groups in total. The maximum atomic E-state index is 12.0. The minimum atomic E-state index is -3.99. The number of carbonyl (C=O) groups is 1. The van der Waals surface area contributed by atoms with Crippen LogP contribution >= 0.6 is 0 Å². The first-order valence-electron chi connectivity index (χ1n) is 7.49. The fourth-order valence-corrected chi connectivity index (χ4v) is 3.34. The van der Waals surface area contributed by atoms with Gasteiger partial charge in [-0.05, 0) is 31.2 Å². The van der Waals surface area contributed by atoms with Gasteiger partial charge in [0.05, 0.1) is 10.8 Å². The number of aryl methyl sites for hydroxylation is 1. The van der Waals surface area contributed by atoms with E-state index in [0.717, 1.165) is 12.5 Å². The summed E-state index contributed by atoms with van der Waals surface area (Å²) in [5.74, 6) is 0.301. The van der Waals surface area contributed by atoms with Crippen LogP contribution in [-0.4, -0.2) is 19.3 Å². The quantitative estimate of drug-likeness (QED) is 0.630. The number of rotatable bonds is 4. The van der Waals surface area contributed by atoms with E-state index in [0.29, 0.717) is 22.9 Å². The van der Waals surface area contributed by atoms with Gasteiger partial charge >= 0.3 is 29.6 Å². The third-order valence-corrected chi connectivity index (χ3v) is 4.81. The van der Waals surface area contributed by atoms with Crippen molar-refractivity contribution in [3.63, 3.8) is 0 Å². The van der Waals surface area contributed by atoms with Crippen molar-refractivity contribution in [3.8, 4) is 22.6 Å². The Hall–Kier alpha value is -1.93. The predicted molar refractivity (Wildman–Crippen MR) is 93.3 cm³/mol. The van der Waals surface area contributed by atoms with Crippen LogP contribution in [0.2, 0.25) is 0 Å². The van der Waals surface area contributed by atoms with Gasteiger partial charge in [-0.15, -0.1) is 0 Å². The van der Waals surface area contributed by atoms with Gasteiger partial charge in [-0.2, -0.15) is 0 Å². The summed E-state index contributed by atoms with van der Waals surface area (Å²) in [4.78, 5) is 15.3. The molecule has 0 aliphatic rings. The average Bonchev–Trinajstić information content (AvgIpc) is 2.96. The first kappa shape index (κ1) is 20.4. The van der Waals surface area contributed by atoms with Crippen LogP contribution in [0.4, 0.5) is 0 Å². The smallest absolute Gasteiger partial charge is 0.542 e. The molecule has 0 saturated heterocycles. The topological polar surface area (TPSA) is 91.3 Å². The van der Waals surface area contributed by atoms with Gasteiger partial charge in [-0.1, -0.05) is 30.3 Å². The summed E-state index contributed by atoms with van der Waals surface area (Å²) < 4.78 is 32.8. The summed E-state index contributed by atoms with van der Waals surface area (Å²) in [6, 6.07) is 15.6. The molecule has 0 spiro atoms. The molecule has 1 amide bonds. The van der Waals surface area contributed by atoms with E-state index < -0.39 is 15.9 Å². The predicted octanol–water partition coefficient (Wildman–Crippen LogP) is 0.930. The summed E-state index contributed by atoms with van der Waals surface area (Å²) in [7, 11) is -3.99. The van der Waals surface area contributed by atoms with Crippen LogP contribution in [-0.2, 0) is 14.8 Å². The molecular weight excluding hydrogens is 363 g/mol. The van der Waals surface area contributed by atoms with E-state index in [4.69, 9.17) is 4.42 Å². The Balaban J connectivity index is 0.00000243. The van der Waals surface area contributed by atoms with Crippen molar-refractivity contribution in [2.24, 2.45) is 0 Å². The third-order valence-electron chi connectivity index (χ3n) is 3.44. The molecule has 3 aromatic rings. The molecule has 26 heavy (non-hydrogen) atoms. The Morgan fingerprint density at radius 1 is 1.00 bits per heavy atom. The zero-order valence-electron chi connectivity index (χ0n) is 14.6. The van der Waals surface area contributed by atoms with Crippen LogP contribution in [0.25, 0.3) is 27.3 Å². The molecule has 0 radical (unpaired) electrons. The molecule has 0 aliphatic carbocycles. The minimum Gasteiger partial charge on any atom is -0.542 e. The second-order valence-electron chi connectivity index (χ2n) is 5.39. The Bertz CT molecular complexity index is 1010. The molecular formula is C18H15N2NaO4S. The largest absolute Gasteiger partial charge is 1.00 e.